The van der Waals surface area contributed by atoms with Gasteiger partial charge in [0, 0.05) is 47.6 Å². The summed E-state index contributed by atoms with van der Waals surface area (Å²) in [5.74, 6) is -7.43. The second kappa shape index (κ2) is 27.4. The second-order valence-corrected chi connectivity index (χ2v) is 34.2. The SMILES string of the molecule is CCOC(=O)C(C)(C)Sc1nnc(Br)n1-c1sc(C(=O)Nc2ccc(F)c(F)c2)c2c1CC(CCOC(=O)C(C)(C)Sc1nncn1-c1sc(C(=O)NC(O)CCBr)c3c1CCC(OC(=O)C(C)(C)Sc1nnc(Br)n1-c1sc(C4CC4)c4c1CC(F)(F)C4)C3)CC2. The molecular formula is C59H62Br3F4N11O9S6. The number of aromatic nitrogens is 9. The number of thioether (sulfide) groups is 3. The largest absolute Gasteiger partial charge is 0.465 e. The fraction of sp³-hybridized carbons (Fsp3) is 0.508. The molecule has 0 saturated heterocycles. The molecule has 492 valence electrons. The van der Waals surface area contributed by atoms with Crippen LogP contribution < -0.4 is 10.6 Å². The van der Waals surface area contributed by atoms with Gasteiger partial charge in [0.15, 0.2) is 27.1 Å². The van der Waals surface area contributed by atoms with E-state index in [0.717, 1.165) is 93.2 Å². The van der Waals surface area contributed by atoms with Crippen molar-refractivity contribution in [3.8, 4) is 15.0 Å². The molecule has 4 aliphatic rings. The van der Waals surface area contributed by atoms with Gasteiger partial charge in [-0.3, -0.25) is 37.7 Å². The highest BCUT2D eigenvalue weighted by Gasteiger charge is 2.46. The van der Waals surface area contributed by atoms with Gasteiger partial charge in [0.25, 0.3) is 17.7 Å². The van der Waals surface area contributed by atoms with Crippen molar-refractivity contribution in [2.75, 3.05) is 23.9 Å². The number of esters is 3. The summed E-state index contributed by atoms with van der Waals surface area (Å²) in [6.07, 6.45) is 3.95. The van der Waals surface area contributed by atoms with Crippen LogP contribution in [0.2, 0.25) is 0 Å². The Hall–Kier alpha value is -4.74. The van der Waals surface area contributed by atoms with Crippen molar-refractivity contribution < 1.29 is 60.9 Å². The van der Waals surface area contributed by atoms with E-state index in [2.05, 4.69) is 89.0 Å². The monoisotopic (exact) mass is 1570 g/mol. The van der Waals surface area contributed by atoms with Crippen LogP contribution in [0.5, 0.6) is 0 Å². The van der Waals surface area contributed by atoms with Gasteiger partial charge in [0.05, 0.1) is 23.0 Å². The summed E-state index contributed by atoms with van der Waals surface area (Å²) in [5.41, 5.74) is 4.31. The van der Waals surface area contributed by atoms with Crippen molar-refractivity contribution in [2.24, 2.45) is 5.92 Å². The predicted octanol–water partition coefficient (Wildman–Crippen LogP) is 13.1. The van der Waals surface area contributed by atoms with Crippen molar-refractivity contribution in [2.45, 2.75) is 179 Å². The molecule has 2 amide bonds. The molecule has 92 heavy (non-hydrogen) atoms. The minimum Gasteiger partial charge on any atom is -0.465 e. The van der Waals surface area contributed by atoms with Crippen molar-refractivity contribution >= 4 is 152 Å². The minimum atomic E-state index is -2.86. The lowest BCUT2D eigenvalue weighted by atomic mass is 9.83. The Labute approximate surface area is 576 Å². The Morgan fingerprint density at radius 1 is 0.717 bits per heavy atom. The van der Waals surface area contributed by atoms with Crippen LogP contribution in [0.15, 0.2) is 49.5 Å². The molecule has 11 rings (SSSR count). The summed E-state index contributed by atoms with van der Waals surface area (Å²) in [6, 6.07) is 3.11. The van der Waals surface area contributed by atoms with Crippen LogP contribution in [-0.2, 0) is 67.1 Å². The third-order valence-electron chi connectivity index (χ3n) is 16.0. The van der Waals surface area contributed by atoms with Crippen molar-refractivity contribution in [3.63, 3.8) is 0 Å². The average molecular weight is 1580 g/mol. The number of thiophene rings is 3. The van der Waals surface area contributed by atoms with Gasteiger partial charge < -0.3 is 30.0 Å². The summed E-state index contributed by atoms with van der Waals surface area (Å²) in [7, 11) is 0. The number of anilines is 1. The molecule has 0 spiro atoms. The number of hydrogen-bond acceptors (Lipinski definition) is 21. The van der Waals surface area contributed by atoms with Crippen LogP contribution in [0.1, 0.15) is 151 Å². The number of carbonyl (C=O) groups excluding carboxylic acids is 5. The highest BCUT2D eigenvalue weighted by atomic mass is 79.9. The lowest BCUT2D eigenvalue weighted by Gasteiger charge is -2.28. The number of aliphatic hydroxyl groups excluding tert-OH is 1. The van der Waals surface area contributed by atoms with Crippen LogP contribution >= 0.6 is 117 Å². The fourth-order valence-corrected chi connectivity index (χ4v) is 20.0. The Balaban J connectivity index is 0.777. The maximum absolute atomic E-state index is 14.9. The van der Waals surface area contributed by atoms with E-state index in [1.54, 1.807) is 62.2 Å². The first-order valence-corrected chi connectivity index (χ1v) is 37.1. The van der Waals surface area contributed by atoms with Crippen molar-refractivity contribution in [1.29, 1.82) is 0 Å². The Morgan fingerprint density at radius 3 is 1.98 bits per heavy atom. The molecule has 7 aromatic rings. The van der Waals surface area contributed by atoms with E-state index in [0.29, 0.717) is 105 Å². The van der Waals surface area contributed by atoms with Crippen LogP contribution in [0, 0.1) is 17.6 Å². The molecule has 6 heterocycles. The predicted molar refractivity (Wildman–Crippen MR) is 353 cm³/mol. The number of amides is 2. The number of nitrogens with zero attached hydrogens (tertiary/aromatic N) is 9. The van der Waals surface area contributed by atoms with Gasteiger partial charge in [0.1, 0.15) is 47.9 Å². The van der Waals surface area contributed by atoms with Crippen LogP contribution in [0.4, 0.5) is 23.2 Å². The minimum absolute atomic E-state index is 0.0347. The van der Waals surface area contributed by atoms with Gasteiger partial charge in [-0.15, -0.1) is 64.6 Å². The third kappa shape index (κ3) is 14.5. The molecule has 20 nitrogen and oxygen atoms in total. The van der Waals surface area contributed by atoms with Gasteiger partial charge in [-0.1, -0.05) is 51.2 Å². The standard InChI is InChI=1S/C59H62Br3F4N11O9S6/c1-8-84-48(81)56(2,3)91-54-73-70-51(61)76(54)46-34-21-27(9-14-31(34)41(89-46)43(79)68-29-12-16-37(63)38(64)22-29)18-20-85-49(82)57(4,5)90-53-72-67-26-75(53)45-32-15-13-30(23-33(32)42(88-45)44(80)69-39(78)17-19-60)86-50(83)58(6,7)92-55-74-71-52(62)77(55)47-36-25-59(65,66)24-35(36)40(87-47)28-10-11-28/h12,16,22,26-28,30,39,78H,8-11,13-15,17-21,23-25H2,1-7H3,(H,68,79)(H,69,80). The maximum atomic E-state index is 14.9. The van der Waals surface area contributed by atoms with Gasteiger partial charge >= 0.3 is 17.9 Å². The second-order valence-electron chi connectivity index (χ2n) is 24.2. The van der Waals surface area contributed by atoms with E-state index in [-0.39, 0.29) is 54.9 Å². The number of halogens is 7. The zero-order valence-electron chi connectivity index (χ0n) is 50.6. The number of hydrogen-bond donors (Lipinski definition) is 3. The molecule has 3 N–H and O–H groups in total. The lowest BCUT2D eigenvalue weighted by Crippen LogP contribution is -2.37. The van der Waals surface area contributed by atoms with E-state index >= 15 is 0 Å². The van der Waals surface area contributed by atoms with E-state index in [1.807, 2.05) is 0 Å². The first-order valence-electron chi connectivity index (χ1n) is 29.4. The van der Waals surface area contributed by atoms with Crippen LogP contribution in [-0.4, -0.2) is 130 Å². The fourth-order valence-electron chi connectivity index (χ4n) is 11.2. The van der Waals surface area contributed by atoms with Crippen molar-refractivity contribution in [3.05, 3.63) is 93.6 Å². The van der Waals surface area contributed by atoms with Crippen LogP contribution in [0.25, 0.3) is 15.0 Å². The summed E-state index contributed by atoms with van der Waals surface area (Å²) < 4.78 is 77.9. The molecule has 1 saturated carbocycles. The summed E-state index contributed by atoms with van der Waals surface area (Å²) in [4.78, 5) is 71.3. The highest BCUT2D eigenvalue weighted by Crippen LogP contribution is 2.54. The summed E-state index contributed by atoms with van der Waals surface area (Å²) in [6.45, 7) is 12.2. The first kappa shape index (κ1) is 68.6. The molecule has 1 aromatic carbocycles. The number of rotatable bonds is 24. The number of fused-ring (bicyclic) bond motifs is 3. The van der Waals surface area contributed by atoms with Gasteiger partial charge in [0.2, 0.25) is 9.47 Å². The summed E-state index contributed by atoms with van der Waals surface area (Å²) >= 11 is 17.5. The quantitative estimate of drug-likeness (QED) is 0.0127. The van der Waals surface area contributed by atoms with Gasteiger partial charge in [-0.05, 0) is 189 Å². The zero-order valence-corrected chi connectivity index (χ0v) is 60.2. The molecule has 0 radical (unpaired) electrons. The normalized spacial score (nSPS) is 17.4. The van der Waals surface area contributed by atoms with Crippen LogP contribution in [0.3, 0.4) is 0 Å². The number of aliphatic hydroxyl groups is 1. The van der Waals surface area contributed by atoms with E-state index in [1.165, 1.54) is 35.1 Å². The molecule has 1 fully saturated rings. The number of nitrogens with one attached hydrogen (secondary N) is 2. The van der Waals surface area contributed by atoms with Crippen molar-refractivity contribution in [1.82, 2.24) is 49.6 Å². The molecule has 0 aliphatic heterocycles. The lowest BCUT2D eigenvalue weighted by molar-refractivity contribution is -0.151. The molecule has 0 bridgehead atoms. The van der Waals surface area contributed by atoms with E-state index in [9.17, 15) is 46.6 Å². The molecule has 33 heteroatoms. The Bertz CT molecular complexity index is 4030. The van der Waals surface area contributed by atoms with E-state index in [4.69, 9.17) is 14.2 Å². The molecule has 3 atom stereocenters. The number of ether oxygens (including phenoxy) is 3. The topological polar surface area (TPSA) is 249 Å². The molecule has 3 unspecified atom stereocenters. The number of alkyl halides is 3. The Kier molecular flexibility index (Phi) is 20.4. The van der Waals surface area contributed by atoms with Gasteiger partial charge in [-0.25, -0.2) is 17.6 Å². The number of carbonyl (C=O) groups is 5. The van der Waals surface area contributed by atoms with Gasteiger partial charge in [-0.2, -0.15) is 0 Å². The molecule has 4 aliphatic carbocycles. The average Bonchev–Trinajstić information content (AvgIpc) is 1.59. The summed E-state index contributed by atoms with van der Waals surface area (Å²) in [5, 5.41) is 45.3. The number of benzene rings is 1. The molecular weight excluding hydrogens is 1510 g/mol. The zero-order chi connectivity index (χ0) is 65.9. The van der Waals surface area contributed by atoms with E-state index < -0.39 is 80.3 Å². The third-order valence-corrected chi connectivity index (χ3v) is 24.8. The smallest absolute Gasteiger partial charge is 0.322 e. The maximum Gasteiger partial charge on any atom is 0.322 e. The molecule has 6 aromatic heterocycles. The first-order chi connectivity index (χ1) is 43.6. The highest BCUT2D eigenvalue weighted by molar-refractivity contribution is 9.10. The Morgan fingerprint density at radius 2 is 1.33 bits per heavy atom.